The molecule has 0 unspecified atom stereocenters. The maximum absolute atomic E-state index is 13.3. The lowest BCUT2D eigenvalue weighted by Gasteiger charge is -2.10. The van der Waals surface area contributed by atoms with Crippen LogP contribution in [0.2, 0.25) is 0 Å². The van der Waals surface area contributed by atoms with Crippen molar-refractivity contribution in [2.24, 2.45) is 5.10 Å². The van der Waals surface area contributed by atoms with Crippen molar-refractivity contribution >= 4 is 45.6 Å². The molecule has 5 rings (SSSR count). The van der Waals surface area contributed by atoms with Gasteiger partial charge in [0.2, 0.25) is 0 Å². The summed E-state index contributed by atoms with van der Waals surface area (Å²) in [5, 5.41) is 11.2. The third kappa shape index (κ3) is 6.25. The Hall–Kier alpha value is -5.23. The normalized spacial score (nSPS) is 11.6. The zero-order valence-corrected chi connectivity index (χ0v) is 22.1. The molecule has 6 nitrogen and oxygen atoms in total. The minimum Gasteiger partial charge on any atom is -0.494 e. The molecule has 0 aliphatic rings. The average Bonchev–Trinajstić information content (AvgIpc) is 3.00. The van der Waals surface area contributed by atoms with Crippen molar-refractivity contribution in [3.05, 3.63) is 132 Å². The standard InChI is InChI=1S/C34H29N3O3/c1-2-20-40-28-18-16-24(17-19-28)21-32(36-33(38)25-10-4-3-5-11-25)34(39)37-35-23-31-29-14-8-6-12-26(29)22-27-13-7-9-15-30(27)31/h3-19,21-23H,2,20H2,1H3,(H,36,38)(H,37,39)/b32-21-,35-23-. The minimum absolute atomic E-state index is 0.0657. The van der Waals surface area contributed by atoms with Crippen LogP contribution in [0.25, 0.3) is 27.6 Å². The number of rotatable bonds is 9. The van der Waals surface area contributed by atoms with Crippen LogP contribution in [0.4, 0.5) is 0 Å². The summed E-state index contributed by atoms with van der Waals surface area (Å²) < 4.78 is 5.65. The van der Waals surface area contributed by atoms with Crippen molar-refractivity contribution < 1.29 is 14.3 Å². The third-order valence-corrected chi connectivity index (χ3v) is 6.37. The van der Waals surface area contributed by atoms with Crippen molar-refractivity contribution in [2.75, 3.05) is 6.61 Å². The maximum atomic E-state index is 13.3. The lowest BCUT2D eigenvalue weighted by Crippen LogP contribution is -2.32. The number of hydrogen-bond acceptors (Lipinski definition) is 4. The van der Waals surface area contributed by atoms with Crippen LogP contribution in [-0.4, -0.2) is 24.6 Å². The summed E-state index contributed by atoms with van der Waals surface area (Å²) >= 11 is 0. The summed E-state index contributed by atoms with van der Waals surface area (Å²) in [6.45, 7) is 2.67. The molecular weight excluding hydrogens is 498 g/mol. The highest BCUT2D eigenvalue weighted by atomic mass is 16.5. The Bertz CT molecular complexity index is 1650. The van der Waals surface area contributed by atoms with Gasteiger partial charge in [0.25, 0.3) is 11.8 Å². The molecule has 6 heteroatoms. The fourth-order valence-corrected chi connectivity index (χ4v) is 4.39. The van der Waals surface area contributed by atoms with E-state index in [9.17, 15) is 9.59 Å². The van der Waals surface area contributed by atoms with Crippen molar-refractivity contribution in [1.82, 2.24) is 10.7 Å². The molecule has 2 N–H and O–H groups in total. The van der Waals surface area contributed by atoms with Gasteiger partial charge in [-0.2, -0.15) is 5.10 Å². The molecule has 0 spiro atoms. The van der Waals surface area contributed by atoms with Crippen molar-refractivity contribution in [2.45, 2.75) is 13.3 Å². The number of fused-ring (bicyclic) bond motifs is 2. The second-order valence-electron chi connectivity index (χ2n) is 9.23. The van der Waals surface area contributed by atoms with Gasteiger partial charge in [0.1, 0.15) is 11.4 Å². The van der Waals surface area contributed by atoms with Gasteiger partial charge in [-0.1, -0.05) is 85.8 Å². The summed E-state index contributed by atoms with van der Waals surface area (Å²) in [4.78, 5) is 26.2. The highest BCUT2D eigenvalue weighted by molar-refractivity contribution is 6.13. The summed E-state index contributed by atoms with van der Waals surface area (Å²) in [5.74, 6) is -0.199. The number of carbonyl (C=O) groups excluding carboxylic acids is 2. The largest absolute Gasteiger partial charge is 0.494 e. The van der Waals surface area contributed by atoms with E-state index >= 15 is 0 Å². The van der Waals surface area contributed by atoms with Crippen molar-refractivity contribution in [3.8, 4) is 5.75 Å². The Morgan fingerprint density at radius 3 is 2.08 bits per heavy atom. The fourth-order valence-electron chi connectivity index (χ4n) is 4.39. The first kappa shape index (κ1) is 26.4. The van der Waals surface area contributed by atoms with Gasteiger partial charge in [0, 0.05) is 11.1 Å². The van der Waals surface area contributed by atoms with Crippen LogP contribution in [0.5, 0.6) is 5.75 Å². The van der Waals surface area contributed by atoms with Crippen LogP contribution in [0.3, 0.4) is 0 Å². The number of nitrogens with one attached hydrogen (secondary N) is 2. The Kier molecular flexibility index (Phi) is 8.27. The molecule has 0 saturated heterocycles. The molecule has 0 aliphatic carbocycles. The lowest BCUT2D eigenvalue weighted by molar-refractivity contribution is -0.117. The number of ether oxygens (including phenoxy) is 1. The van der Waals surface area contributed by atoms with E-state index in [0.717, 1.165) is 44.8 Å². The number of benzene rings is 5. The SMILES string of the molecule is CCCOc1ccc(/C=C(\NC(=O)c2ccccc2)C(=O)N/N=C\c2c3ccccc3cc3ccccc23)cc1. The summed E-state index contributed by atoms with van der Waals surface area (Å²) in [6.07, 6.45) is 4.17. The van der Waals surface area contributed by atoms with E-state index in [1.807, 2.05) is 73.7 Å². The summed E-state index contributed by atoms with van der Waals surface area (Å²) in [5.41, 5.74) is 4.73. The van der Waals surface area contributed by atoms with Crippen LogP contribution in [0.15, 0.2) is 120 Å². The van der Waals surface area contributed by atoms with Gasteiger partial charge in [-0.3, -0.25) is 9.59 Å². The zero-order valence-electron chi connectivity index (χ0n) is 22.1. The number of amides is 2. The van der Waals surface area contributed by atoms with Crippen molar-refractivity contribution in [3.63, 3.8) is 0 Å². The summed E-state index contributed by atoms with van der Waals surface area (Å²) in [6, 6.07) is 34.3. The van der Waals surface area contributed by atoms with Gasteiger partial charge < -0.3 is 10.1 Å². The molecule has 0 aliphatic heterocycles. The van der Waals surface area contributed by atoms with E-state index in [1.165, 1.54) is 0 Å². The molecule has 0 bridgehead atoms. The molecule has 0 radical (unpaired) electrons. The van der Waals surface area contributed by atoms with Gasteiger partial charge in [0.15, 0.2) is 0 Å². The number of carbonyl (C=O) groups is 2. The Morgan fingerprint density at radius 1 is 0.800 bits per heavy atom. The van der Waals surface area contributed by atoms with E-state index < -0.39 is 11.8 Å². The smallest absolute Gasteiger partial charge is 0.287 e. The molecule has 0 atom stereocenters. The topological polar surface area (TPSA) is 79.8 Å². The van der Waals surface area contributed by atoms with Crippen LogP contribution < -0.4 is 15.5 Å². The zero-order chi connectivity index (χ0) is 27.7. The fraction of sp³-hybridized carbons (Fsp3) is 0.0882. The number of hydrazone groups is 1. The first-order valence-electron chi connectivity index (χ1n) is 13.2. The molecule has 198 valence electrons. The Morgan fingerprint density at radius 2 is 1.43 bits per heavy atom. The molecule has 5 aromatic rings. The monoisotopic (exact) mass is 527 g/mol. The van der Waals surface area contributed by atoms with Gasteiger partial charge in [-0.15, -0.1) is 0 Å². The first-order chi connectivity index (χ1) is 19.6. The lowest BCUT2D eigenvalue weighted by atomic mass is 9.97. The molecule has 40 heavy (non-hydrogen) atoms. The Balaban J connectivity index is 1.43. The van der Waals surface area contributed by atoms with E-state index in [2.05, 4.69) is 34.0 Å². The van der Waals surface area contributed by atoms with E-state index in [1.54, 1.807) is 36.6 Å². The van der Waals surface area contributed by atoms with E-state index in [4.69, 9.17) is 4.74 Å². The van der Waals surface area contributed by atoms with Gasteiger partial charge in [-0.25, -0.2) is 5.43 Å². The molecule has 0 fully saturated rings. The van der Waals surface area contributed by atoms with Gasteiger partial charge >= 0.3 is 0 Å². The third-order valence-electron chi connectivity index (χ3n) is 6.37. The minimum atomic E-state index is -0.545. The second kappa shape index (κ2) is 12.5. The molecule has 5 aromatic carbocycles. The van der Waals surface area contributed by atoms with Crippen LogP contribution >= 0.6 is 0 Å². The second-order valence-corrected chi connectivity index (χ2v) is 9.23. The average molecular weight is 528 g/mol. The molecule has 0 saturated carbocycles. The summed E-state index contributed by atoms with van der Waals surface area (Å²) in [7, 11) is 0. The van der Waals surface area contributed by atoms with Crippen LogP contribution in [0.1, 0.15) is 34.8 Å². The predicted octanol–water partition coefficient (Wildman–Crippen LogP) is 6.70. The number of hydrogen-bond donors (Lipinski definition) is 2. The Labute approximate surface area is 233 Å². The van der Waals surface area contributed by atoms with Crippen molar-refractivity contribution in [1.29, 1.82) is 0 Å². The maximum Gasteiger partial charge on any atom is 0.287 e. The molecule has 0 aromatic heterocycles. The van der Waals surface area contributed by atoms with E-state index in [0.29, 0.717) is 12.2 Å². The van der Waals surface area contributed by atoms with E-state index in [-0.39, 0.29) is 5.70 Å². The molecule has 2 amide bonds. The number of nitrogens with zero attached hydrogens (tertiary/aromatic N) is 1. The van der Waals surface area contributed by atoms with Gasteiger partial charge in [-0.05, 0) is 69.9 Å². The highest BCUT2D eigenvalue weighted by Crippen LogP contribution is 2.27. The first-order valence-corrected chi connectivity index (χ1v) is 13.2. The predicted molar refractivity (Wildman–Crippen MR) is 161 cm³/mol. The van der Waals surface area contributed by atoms with Crippen LogP contribution in [0, 0.1) is 0 Å². The van der Waals surface area contributed by atoms with Gasteiger partial charge in [0.05, 0.1) is 12.8 Å². The highest BCUT2D eigenvalue weighted by Gasteiger charge is 2.15. The van der Waals surface area contributed by atoms with Crippen LogP contribution in [-0.2, 0) is 4.79 Å². The molecular formula is C34H29N3O3. The quantitative estimate of drug-likeness (QED) is 0.0969. The molecule has 0 heterocycles.